The van der Waals surface area contributed by atoms with Gasteiger partial charge in [0.1, 0.15) is 18.2 Å². The van der Waals surface area contributed by atoms with Crippen molar-refractivity contribution >= 4 is 29.2 Å². The molecule has 0 aromatic heterocycles. The maximum atomic E-state index is 13.8. The summed E-state index contributed by atoms with van der Waals surface area (Å²) in [5.74, 6) is -0.497. The third-order valence-electron chi connectivity index (χ3n) is 7.80. The lowest BCUT2D eigenvalue weighted by Crippen LogP contribution is -2.53. The fourth-order valence-corrected chi connectivity index (χ4v) is 5.82. The van der Waals surface area contributed by atoms with Crippen LogP contribution in [0.25, 0.3) is 0 Å². The van der Waals surface area contributed by atoms with Gasteiger partial charge < -0.3 is 24.8 Å². The van der Waals surface area contributed by atoms with Crippen LogP contribution in [0, 0.1) is 11.8 Å². The number of anilines is 1. The highest BCUT2D eigenvalue weighted by molar-refractivity contribution is 6.01. The zero-order chi connectivity index (χ0) is 28.9. The summed E-state index contributed by atoms with van der Waals surface area (Å²) < 4.78 is 5.46. The Bertz CT molecular complexity index is 1020. The maximum Gasteiger partial charge on any atom is 0.252 e. The largest absolute Gasteiger partial charge is 0.372 e. The van der Waals surface area contributed by atoms with E-state index in [4.69, 9.17) is 4.74 Å². The van der Waals surface area contributed by atoms with Crippen LogP contribution < -0.4 is 10.2 Å². The van der Waals surface area contributed by atoms with Crippen molar-refractivity contribution in [1.82, 2.24) is 15.1 Å². The van der Waals surface area contributed by atoms with Crippen molar-refractivity contribution in [3.05, 3.63) is 29.8 Å². The number of ether oxygens (including phenoxy) is 1. The van der Waals surface area contributed by atoms with Crippen LogP contribution in [0.3, 0.4) is 0 Å². The number of rotatable bonds is 12. The Balaban J connectivity index is 1.74. The standard InChI is InChI=1S/C30H46N4O5/c1-8-32(9-2)22-12-10-21(11-13-22)28(36)31-23(16-19(3)4)29(37)33-15-14-24-27(33)25(35)18-34(24)30(38)26(39-7)17-20(5)6/h10-13,19-20,23-24,26-27H,8-9,14-18H2,1-7H3,(H,31,36). The van der Waals surface area contributed by atoms with Crippen LogP contribution in [0.1, 0.15) is 71.2 Å². The van der Waals surface area contributed by atoms with Gasteiger partial charge in [0.05, 0.1) is 12.6 Å². The Morgan fingerprint density at radius 3 is 2.13 bits per heavy atom. The second-order valence-corrected chi connectivity index (χ2v) is 11.5. The first kappa shape index (κ1) is 30.6. The molecule has 0 saturated carbocycles. The first-order valence-electron chi connectivity index (χ1n) is 14.3. The zero-order valence-corrected chi connectivity index (χ0v) is 24.6. The van der Waals surface area contributed by atoms with Crippen LogP contribution in [0.2, 0.25) is 0 Å². The van der Waals surface area contributed by atoms with E-state index in [-0.39, 0.29) is 47.9 Å². The second-order valence-electron chi connectivity index (χ2n) is 11.5. The Morgan fingerprint density at radius 1 is 0.974 bits per heavy atom. The quantitative estimate of drug-likeness (QED) is 0.436. The predicted octanol–water partition coefficient (Wildman–Crippen LogP) is 3.12. The smallest absolute Gasteiger partial charge is 0.252 e. The van der Waals surface area contributed by atoms with Gasteiger partial charge in [-0.2, -0.15) is 0 Å². The minimum Gasteiger partial charge on any atom is -0.372 e. The van der Waals surface area contributed by atoms with E-state index in [1.165, 1.54) is 7.11 Å². The molecule has 1 aromatic carbocycles. The van der Waals surface area contributed by atoms with Crippen molar-refractivity contribution in [2.75, 3.05) is 38.2 Å². The highest BCUT2D eigenvalue weighted by atomic mass is 16.5. The Labute approximate surface area is 233 Å². The number of hydrogen-bond acceptors (Lipinski definition) is 6. The molecule has 2 heterocycles. The molecule has 1 aromatic rings. The van der Waals surface area contributed by atoms with Gasteiger partial charge in [0, 0.05) is 38.0 Å². The molecule has 216 valence electrons. The normalized spacial score (nSPS) is 20.4. The number of benzene rings is 1. The molecule has 4 unspecified atom stereocenters. The molecule has 39 heavy (non-hydrogen) atoms. The Hall–Kier alpha value is -2.94. The molecule has 1 N–H and O–H groups in total. The van der Waals surface area contributed by atoms with Gasteiger partial charge in [-0.3, -0.25) is 19.2 Å². The molecule has 9 heteroatoms. The van der Waals surface area contributed by atoms with Gasteiger partial charge in [0.25, 0.3) is 11.8 Å². The summed E-state index contributed by atoms with van der Waals surface area (Å²) in [5, 5.41) is 2.94. The molecule has 2 aliphatic rings. The van der Waals surface area contributed by atoms with Gasteiger partial charge in [-0.1, -0.05) is 27.7 Å². The monoisotopic (exact) mass is 542 g/mol. The van der Waals surface area contributed by atoms with E-state index in [2.05, 4.69) is 24.1 Å². The van der Waals surface area contributed by atoms with Crippen LogP contribution in [0.5, 0.6) is 0 Å². The van der Waals surface area contributed by atoms with Crippen molar-refractivity contribution in [3.8, 4) is 0 Å². The summed E-state index contributed by atoms with van der Waals surface area (Å²) in [6, 6.07) is 5.59. The molecule has 0 bridgehead atoms. The van der Waals surface area contributed by atoms with Crippen LogP contribution in [0.15, 0.2) is 24.3 Å². The van der Waals surface area contributed by atoms with E-state index in [9.17, 15) is 19.2 Å². The van der Waals surface area contributed by atoms with Crippen molar-refractivity contribution in [1.29, 1.82) is 0 Å². The molecule has 0 radical (unpaired) electrons. The third-order valence-corrected chi connectivity index (χ3v) is 7.80. The molecule has 2 saturated heterocycles. The number of methoxy groups -OCH3 is 1. The molecule has 9 nitrogen and oxygen atoms in total. The van der Waals surface area contributed by atoms with Crippen LogP contribution in [-0.4, -0.2) is 90.8 Å². The fraction of sp³-hybridized carbons (Fsp3) is 0.667. The Morgan fingerprint density at radius 2 is 1.59 bits per heavy atom. The topological polar surface area (TPSA) is 99.3 Å². The highest BCUT2D eigenvalue weighted by Crippen LogP contribution is 2.32. The number of hydrogen-bond donors (Lipinski definition) is 1. The summed E-state index contributed by atoms with van der Waals surface area (Å²) >= 11 is 0. The van der Waals surface area contributed by atoms with Crippen molar-refractivity contribution in [3.63, 3.8) is 0 Å². The summed E-state index contributed by atoms with van der Waals surface area (Å²) in [7, 11) is 1.52. The van der Waals surface area contributed by atoms with Crippen LogP contribution in [-0.2, 0) is 19.1 Å². The van der Waals surface area contributed by atoms with Crippen molar-refractivity contribution < 1.29 is 23.9 Å². The number of amides is 3. The molecule has 2 aliphatic heterocycles. The van der Waals surface area contributed by atoms with Gasteiger partial charge in [0.2, 0.25) is 5.91 Å². The maximum absolute atomic E-state index is 13.8. The second kappa shape index (κ2) is 13.4. The van der Waals surface area contributed by atoms with Gasteiger partial charge in [-0.05, 0) is 69.2 Å². The highest BCUT2D eigenvalue weighted by Gasteiger charge is 2.53. The lowest BCUT2D eigenvalue weighted by Gasteiger charge is -2.30. The molecule has 0 aliphatic carbocycles. The lowest BCUT2D eigenvalue weighted by atomic mass is 10.0. The Kier molecular flexibility index (Phi) is 10.5. The number of nitrogens with zero attached hydrogens (tertiary/aromatic N) is 3. The fourth-order valence-electron chi connectivity index (χ4n) is 5.82. The van der Waals surface area contributed by atoms with Crippen LogP contribution in [0.4, 0.5) is 5.69 Å². The predicted molar refractivity (Wildman–Crippen MR) is 152 cm³/mol. The lowest BCUT2D eigenvalue weighted by molar-refractivity contribution is -0.144. The van der Waals surface area contributed by atoms with E-state index in [0.29, 0.717) is 31.4 Å². The number of fused-ring (bicyclic) bond motifs is 1. The van der Waals surface area contributed by atoms with E-state index in [1.807, 2.05) is 39.8 Å². The van der Waals surface area contributed by atoms with Gasteiger partial charge in [-0.15, -0.1) is 0 Å². The molecule has 2 fully saturated rings. The molecular formula is C30H46N4O5. The number of carbonyl (C=O) groups excluding carboxylic acids is 4. The van der Waals surface area contributed by atoms with E-state index >= 15 is 0 Å². The van der Waals surface area contributed by atoms with E-state index < -0.39 is 18.2 Å². The van der Waals surface area contributed by atoms with Gasteiger partial charge >= 0.3 is 0 Å². The summed E-state index contributed by atoms with van der Waals surface area (Å²) in [5.41, 5.74) is 1.52. The number of Topliss-reactive ketones (excluding diaryl/α,β-unsaturated/α-hetero) is 1. The number of likely N-dealkylation sites (tertiary alicyclic amines) is 2. The average molecular weight is 543 g/mol. The number of ketones is 1. The SMILES string of the molecule is CCN(CC)c1ccc(C(=O)NC(CC(C)C)C(=O)N2CCC3C2C(=O)CN3C(=O)C(CC(C)C)OC)cc1. The summed E-state index contributed by atoms with van der Waals surface area (Å²) in [6.45, 7) is 14.3. The number of carbonyl (C=O) groups is 4. The van der Waals surface area contributed by atoms with Crippen molar-refractivity contribution in [2.24, 2.45) is 11.8 Å². The molecule has 3 amide bonds. The molecule has 4 atom stereocenters. The third kappa shape index (κ3) is 6.99. The molecule has 3 rings (SSSR count). The minimum absolute atomic E-state index is 0.0179. The first-order chi connectivity index (χ1) is 18.5. The average Bonchev–Trinajstić information content (AvgIpc) is 3.48. The van der Waals surface area contributed by atoms with E-state index in [0.717, 1.165) is 18.8 Å². The van der Waals surface area contributed by atoms with Crippen LogP contribution >= 0.6 is 0 Å². The molecular weight excluding hydrogens is 496 g/mol. The van der Waals surface area contributed by atoms with E-state index in [1.54, 1.807) is 21.9 Å². The number of nitrogens with one attached hydrogen (secondary N) is 1. The summed E-state index contributed by atoms with van der Waals surface area (Å²) in [6.07, 6.45) is 0.939. The zero-order valence-electron chi connectivity index (χ0n) is 24.6. The van der Waals surface area contributed by atoms with Gasteiger partial charge in [0.15, 0.2) is 5.78 Å². The van der Waals surface area contributed by atoms with Gasteiger partial charge in [-0.25, -0.2) is 0 Å². The minimum atomic E-state index is -0.760. The summed E-state index contributed by atoms with van der Waals surface area (Å²) in [4.78, 5) is 58.7. The first-order valence-corrected chi connectivity index (χ1v) is 14.3. The molecule has 0 spiro atoms. The van der Waals surface area contributed by atoms with Crippen molar-refractivity contribution in [2.45, 2.75) is 85.0 Å².